The highest BCUT2D eigenvalue weighted by atomic mass is 19.4. The molecule has 0 bridgehead atoms. The largest absolute Gasteiger partial charge is 0.544 e. The Balaban J connectivity index is 2.01. The van der Waals surface area contributed by atoms with Crippen LogP contribution in [0.2, 0.25) is 0 Å². The van der Waals surface area contributed by atoms with Gasteiger partial charge in [0.25, 0.3) is 0 Å². The fourth-order valence-electron chi connectivity index (χ4n) is 2.91. The Morgan fingerprint density at radius 1 is 1.24 bits per heavy atom. The van der Waals surface area contributed by atoms with Gasteiger partial charge in [-0.3, -0.25) is 4.79 Å². The van der Waals surface area contributed by atoms with Gasteiger partial charge in [0.1, 0.15) is 32.2 Å². The van der Waals surface area contributed by atoms with E-state index in [-0.39, 0.29) is 12.1 Å². The molecular formula is C16H21F3N3O3+. The number of aliphatic carboxylic acids is 1. The third-order valence-corrected chi connectivity index (χ3v) is 4.39. The van der Waals surface area contributed by atoms with Gasteiger partial charge in [-0.2, -0.15) is 13.2 Å². The first-order chi connectivity index (χ1) is 11.7. The van der Waals surface area contributed by atoms with Crippen LogP contribution in [0.1, 0.15) is 12.0 Å². The first-order valence-corrected chi connectivity index (χ1v) is 8.00. The molecule has 0 saturated carbocycles. The molecule has 1 aromatic rings. The maximum Gasteiger partial charge on any atom is 0.416 e. The molecule has 1 fully saturated rings. The zero-order valence-corrected chi connectivity index (χ0v) is 13.8. The quantitative estimate of drug-likeness (QED) is 0.546. The van der Waals surface area contributed by atoms with Crippen molar-refractivity contribution in [3.63, 3.8) is 0 Å². The van der Waals surface area contributed by atoms with Gasteiger partial charge in [0.05, 0.1) is 25.0 Å². The van der Waals surface area contributed by atoms with Crippen LogP contribution in [0.15, 0.2) is 24.3 Å². The summed E-state index contributed by atoms with van der Waals surface area (Å²) in [7, 11) is 2.01. The average molecular weight is 360 g/mol. The number of nitrogens with one attached hydrogen (secondary N) is 3. The summed E-state index contributed by atoms with van der Waals surface area (Å²) in [5.74, 6) is -1.97. The summed E-state index contributed by atoms with van der Waals surface area (Å²) in [6, 6.07) is 3.21. The predicted molar refractivity (Wildman–Crippen MR) is 80.8 cm³/mol. The Hall–Kier alpha value is -2.13. The molecule has 0 radical (unpaired) electrons. The molecule has 1 aromatic carbocycles. The lowest BCUT2D eigenvalue weighted by Crippen LogP contribution is -3.29. The average Bonchev–Trinajstić information content (AvgIpc) is 2.53. The summed E-state index contributed by atoms with van der Waals surface area (Å²) < 4.78 is 38.1. The SMILES string of the molecule is C[NH+]1CC[NH+]([C@H](CC(=O)Nc2cccc(C(F)(F)F)c2)C(=O)[O-])CC1. The molecule has 0 aliphatic carbocycles. The molecule has 25 heavy (non-hydrogen) atoms. The van der Waals surface area contributed by atoms with Crippen LogP contribution in [0.25, 0.3) is 0 Å². The number of likely N-dealkylation sites (N-methyl/N-ethyl adjacent to an activating group) is 1. The number of amides is 1. The zero-order chi connectivity index (χ0) is 18.6. The minimum Gasteiger partial charge on any atom is -0.544 e. The number of carbonyl (C=O) groups excluding carboxylic acids is 2. The number of hydrogen-bond donors (Lipinski definition) is 3. The third kappa shape index (κ3) is 5.43. The van der Waals surface area contributed by atoms with Crippen molar-refractivity contribution < 1.29 is 37.7 Å². The van der Waals surface area contributed by atoms with Crippen molar-refractivity contribution in [1.82, 2.24) is 0 Å². The van der Waals surface area contributed by atoms with E-state index in [1.165, 1.54) is 17.0 Å². The molecule has 2 rings (SSSR count). The number of rotatable bonds is 5. The second-order valence-corrected chi connectivity index (χ2v) is 6.32. The fourth-order valence-corrected chi connectivity index (χ4v) is 2.91. The van der Waals surface area contributed by atoms with E-state index >= 15 is 0 Å². The molecule has 3 N–H and O–H groups in total. The van der Waals surface area contributed by atoms with Gasteiger partial charge in [0.2, 0.25) is 5.91 Å². The number of benzene rings is 1. The Bertz CT molecular complexity index is 629. The van der Waals surface area contributed by atoms with E-state index in [4.69, 9.17) is 0 Å². The number of carboxylic acids is 1. The summed E-state index contributed by atoms with van der Waals surface area (Å²) in [4.78, 5) is 25.5. The Morgan fingerprint density at radius 3 is 2.44 bits per heavy atom. The van der Waals surface area contributed by atoms with Crippen molar-refractivity contribution in [3.8, 4) is 0 Å². The topological polar surface area (TPSA) is 78.1 Å². The van der Waals surface area contributed by atoms with Crippen LogP contribution in [0.4, 0.5) is 18.9 Å². The molecular weight excluding hydrogens is 339 g/mol. The number of alkyl halides is 3. The van der Waals surface area contributed by atoms with Crippen molar-refractivity contribution in [2.24, 2.45) is 0 Å². The van der Waals surface area contributed by atoms with Gasteiger partial charge in [0.15, 0.2) is 0 Å². The molecule has 0 aromatic heterocycles. The first-order valence-electron chi connectivity index (χ1n) is 8.00. The molecule has 1 saturated heterocycles. The molecule has 1 atom stereocenters. The minimum atomic E-state index is -4.51. The van der Waals surface area contributed by atoms with E-state index in [0.717, 1.165) is 30.1 Å². The molecule has 1 aliphatic rings. The summed E-state index contributed by atoms with van der Waals surface area (Å²) in [5, 5.41) is 13.7. The van der Waals surface area contributed by atoms with Crippen molar-refractivity contribution in [3.05, 3.63) is 29.8 Å². The van der Waals surface area contributed by atoms with Crippen LogP contribution in [-0.2, 0) is 15.8 Å². The van der Waals surface area contributed by atoms with Crippen LogP contribution in [0.3, 0.4) is 0 Å². The highest BCUT2D eigenvalue weighted by molar-refractivity contribution is 5.93. The van der Waals surface area contributed by atoms with Gasteiger partial charge in [-0.25, -0.2) is 0 Å². The Kier molecular flexibility index (Phi) is 6.02. The number of carbonyl (C=O) groups is 2. The van der Waals surface area contributed by atoms with Crippen LogP contribution in [0.5, 0.6) is 0 Å². The van der Waals surface area contributed by atoms with Gasteiger partial charge in [0, 0.05) is 5.69 Å². The number of halogens is 3. The molecule has 1 heterocycles. The number of anilines is 1. The summed E-state index contributed by atoms with van der Waals surface area (Å²) in [6.45, 7) is 2.77. The maximum atomic E-state index is 12.7. The highest BCUT2D eigenvalue weighted by Gasteiger charge is 2.32. The number of quaternary nitrogens is 2. The van der Waals surface area contributed by atoms with Crippen LogP contribution in [-0.4, -0.2) is 51.1 Å². The number of hydrogen-bond acceptors (Lipinski definition) is 3. The normalized spacial score (nSPS) is 22.2. The highest BCUT2D eigenvalue weighted by Crippen LogP contribution is 2.30. The van der Waals surface area contributed by atoms with Gasteiger partial charge >= 0.3 is 6.18 Å². The van der Waals surface area contributed by atoms with E-state index in [1.54, 1.807) is 0 Å². The second-order valence-electron chi connectivity index (χ2n) is 6.32. The van der Waals surface area contributed by atoms with Crippen LogP contribution < -0.4 is 20.2 Å². The standard InChI is InChI=1S/C16H20F3N3O3/c1-21-5-7-22(8-6-21)13(15(24)25)10-14(23)20-12-4-2-3-11(9-12)16(17,18)19/h2-4,9,13H,5-8,10H2,1H3,(H,20,23)(H,24,25)/p+1/t13-/m1/s1. The molecule has 1 aliphatic heterocycles. The van der Waals surface area contributed by atoms with Gasteiger partial charge < -0.3 is 25.0 Å². The van der Waals surface area contributed by atoms with Crippen LogP contribution in [0, 0.1) is 0 Å². The summed E-state index contributed by atoms with van der Waals surface area (Å²) in [5.41, 5.74) is -0.899. The van der Waals surface area contributed by atoms with Gasteiger partial charge in [-0.1, -0.05) is 6.07 Å². The predicted octanol–water partition coefficient (Wildman–Crippen LogP) is -2.43. The van der Waals surface area contributed by atoms with E-state index < -0.39 is 29.7 Å². The molecule has 0 unspecified atom stereocenters. The summed E-state index contributed by atoms with van der Waals surface area (Å²) >= 11 is 0. The lowest BCUT2D eigenvalue weighted by molar-refractivity contribution is -1.01. The molecule has 9 heteroatoms. The van der Waals surface area contributed by atoms with E-state index in [0.29, 0.717) is 13.1 Å². The van der Waals surface area contributed by atoms with Crippen molar-refractivity contribution in [1.29, 1.82) is 0 Å². The van der Waals surface area contributed by atoms with E-state index in [2.05, 4.69) is 5.32 Å². The number of piperazine rings is 1. The first kappa shape index (κ1) is 19.2. The molecule has 1 amide bonds. The maximum absolute atomic E-state index is 12.7. The third-order valence-electron chi connectivity index (χ3n) is 4.39. The van der Waals surface area contributed by atoms with Crippen molar-refractivity contribution in [2.75, 3.05) is 38.5 Å². The van der Waals surface area contributed by atoms with Crippen LogP contribution >= 0.6 is 0 Å². The number of carboxylic acid groups (broad SMARTS) is 1. The Morgan fingerprint density at radius 2 is 1.88 bits per heavy atom. The van der Waals surface area contributed by atoms with E-state index in [9.17, 15) is 27.9 Å². The Labute approximate surface area is 143 Å². The lowest BCUT2D eigenvalue weighted by atomic mass is 10.1. The smallest absolute Gasteiger partial charge is 0.416 e. The fraction of sp³-hybridized carbons (Fsp3) is 0.500. The van der Waals surface area contributed by atoms with Gasteiger partial charge in [-0.05, 0) is 18.2 Å². The molecule has 0 spiro atoms. The van der Waals surface area contributed by atoms with E-state index in [1.807, 2.05) is 7.05 Å². The zero-order valence-electron chi connectivity index (χ0n) is 13.8. The van der Waals surface area contributed by atoms with Gasteiger partial charge in [-0.15, -0.1) is 0 Å². The lowest BCUT2D eigenvalue weighted by Gasteiger charge is -2.33. The molecule has 6 nitrogen and oxygen atoms in total. The van der Waals surface area contributed by atoms with Crippen molar-refractivity contribution in [2.45, 2.75) is 18.6 Å². The minimum absolute atomic E-state index is 0.0188. The monoisotopic (exact) mass is 360 g/mol. The summed E-state index contributed by atoms with van der Waals surface area (Å²) in [6.07, 6.45) is -4.85. The second kappa shape index (κ2) is 7.83. The van der Waals surface area contributed by atoms with Crippen molar-refractivity contribution >= 4 is 17.6 Å². The molecule has 138 valence electrons.